The van der Waals surface area contributed by atoms with E-state index in [-0.39, 0.29) is 58.8 Å². The first-order chi connectivity index (χ1) is 40.0. The topological polar surface area (TPSA) is 58.9 Å². The van der Waals surface area contributed by atoms with Crippen LogP contribution in [-0.2, 0) is 37.4 Å². The second-order valence-electron chi connectivity index (χ2n) is 18.2. The maximum Gasteiger partial charge on any atom is 0.491 e. The lowest BCUT2D eigenvalue weighted by atomic mass is 9.79. The lowest BCUT2D eigenvalue weighted by molar-refractivity contribution is -0.190. The van der Waals surface area contributed by atoms with E-state index in [1.165, 1.54) is 24.3 Å². The first-order valence-corrected chi connectivity index (χ1v) is 25.2. The van der Waals surface area contributed by atoms with Gasteiger partial charge in [0.15, 0.2) is 0 Å². The van der Waals surface area contributed by atoms with Crippen molar-refractivity contribution in [2.75, 3.05) is 0 Å². The van der Waals surface area contributed by atoms with E-state index in [1.807, 2.05) is 13.8 Å². The Bertz CT molecular complexity index is 3690. The van der Waals surface area contributed by atoms with Crippen LogP contribution < -0.4 is 14.9 Å². The van der Waals surface area contributed by atoms with E-state index in [0.717, 1.165) is 24.5 Å². The number of aryl methyl sites for hydroxylation is 2. The maximum atomic E-state index is 14.8. The van der Waals surface area contributed by atoms with Gasteiger partial charge in [0, 0.05) is 38.8 Å². The first-order valence-electron chi connectivity index (χ1n) is 24.4. The third kappa shape index (κ3) is 16.9. The third-order valence-corrected chi connectivity index (χ3v) is 12.5. The van der Waals surface area contributed by atoms with Gasteiger partial charge in [-0.2, -0.15) is 43.9 Å². The van der Waals surface area contributed by atoms with E-state index >= 15 is 0 Å². The molecule has 0 bridgehead atoms. The van der Waals surface area contributed by atoms with E-state index in [4.69, 9.17) is 10.0 Å². The molecule has 0 spiro atoms. The molecule has 87 heavy (non-hydrogen) atoms. The summed E-state index contributed by atoms with van der Waals surface area (Å²) in [4.78, 5) is 0. The number of ether oxygens (including phenoxy) is 2. The highest BCUT2D eigenvalue weighted by Gasteiger charge is 2.44. The van der Waals surface area contributed by atoms with Gasteiger partial charge in [-0.3, -0.25) is 0 Å². The highest BCUT2D eigenvalue weighted by atomic mass is 79.9. The fraction of sp³-hybridized carbons (Fsp3) is 0.186. The number of hydrogen-bond acceptors (Lipinski definition) is 4. The molecule has 0 saturated carbocycles. The lowest BCUT2D eigenvalue weighted by Crippen LogP contribution is -2.32. The van der Waals surface area contributed by atoms with Crippen LogP contribution in [0, 0.1) is 69.8 Å². The smallest absolute Gasteiger partial charge is 0.429 e. The van der Waals surface area contributed by atoms with Gasteiger partial charge in [-0.1, -0.05) is 74.3 Å². The normalized spacial score (nSPS) is 11.7. The predicted octanol–water partition coefficient (Wildman–Crippen LogP) is 19.0. The van der Waals surface area contributed by atoms with Gasteiger partial charge in [0.25, 0.3) is 0 Å². The zero-order chi connectivity index (χ0) is 64.1. The molecule has 0 amide bonds. The maximum absolute atomic E-state index is 14.8. The molecular weight excluding hydrogens is 1280 g/mol. The lowest BCUT2D eigenvalue weighted by Gasteiger charge is -2.20. The molecule has 8 aromatic rings. The van der Waals surface area contributed by atoms with Crippen molar-refractivity contribution in [3.05, 3.63) is 229 Å². The van der Waals surface area contributed by atoms with Gasteiger partial charge in [0.1, 0.15) is 104 Å². The molecule has 2 N–H and O–H groups in total. The molecule has 0 radical (unpaired) electrons. The van der Waals surface area contributed by atoms with Gasteiger partial charge in [0.2, 0.25) is 0 Å². The quantitative estimate of drug-likeness (QED) is 0.0841. The number of hydrogen-bond donors (Lipinski definition) is 2. The summed E-state index contributed by atoms with van der Waals surface area (Å²) < 4.78 is 312. The second kappa shape index (κ2) is 28.0. The Labute approximate surface area is 488 Å². The minimum Gasteiger partial charge on any atom is -0.429 e. The second-order valence-corrected chi connectivity index (χ2v) is 19.2. The molecule has 0 saturated heterocycles. The minimum absolute atomic E-state index is 0. The molecule has 0 aliphatic heterocycles. The van der Waals surface area contributed by atoms with Crippen LogP contribution in [0.15, 0.2) is 126 Å². The molecular formula is C59H40BBrF22O4. The zero-order valence-corrected chi connectivity index (χ0v) is 44.9. The Balaban J connectivity index is 0.000000265. The first kappa shape index (κ1) is 70.1. The van der Waals surface area contributed by atoms with Gasteiger partial charge in [-0.15, -0.1) is 0 Å². The van der Waals surface area contributed by atoms with Crippen LogP contribution in [-0.4, -0.2) is 17.2 Å². The van der Waals surface area contributed by atoms with Crippen LogP contribution >= 0.6 is 15.9 Å². The number of alkyl halides is 10. The molecule has 0 heterocycles. The highest BCUT2D eigenvalue weighted by Crippen LogP contribution is 2.43. The van der Waals surface area contributed by atoms with Gasteiger partial charge in [0.05, 0.1) is 0 Å². The molecule has 8 rings (SSSR count). The molecule has 464 valence electrons. The molecule has 0 aromatic heterocycles. The number of halogens is 23. The van der Waals surface area contributed by atoms with E-state index in [0.29, 0.717) is 73.0 Å². The van der Waals surface area contributed by atoms with E-state index in [1.54, 1.807) is 6.07 Å². The van der Waals surface area contributed by atoms with Crippen LogP contribution in [0.1, 0.15) is 67.5 Å². The fourth-order valence-corrected chi connectivity index (χ4v) is 8.67. The molecule has 0 fully saturated rings. The Kier molecular flexibility index (Phi) is 22.5. The number of benzene rings is 8. The van der Waals surface area contributed by atoms with Crippen molar-refractivity contribution in [3.63, 3.8) is 0 Å². The van der Waals surface area contributed by atoms with Gasteiger partial charge >= 0.3 is 31.7 Å². The van der Waals surface area contributed by atoms with E-state index in [9.17, 15) is 96.6 Å². The van der Waals surface area contributed by atoms with Crippen LogP contribution in [0.2, 0.25) is 0 Å². The monoisotopic (exact) mass is 1320 g/mol. The van der Waals surface area contributed by atoms with Crippen molar-refractivity contribution in [2.45, 2.75) is 71.5 Å². The van der Waals surface area contributed by atoms with Crippen LogP contribution in [0.25, 0.3) is 33.4 Å². The molecule has 0 aliphatic rings. The summed E-state index contributed by atoms with van der Waals surface area (Å²) in [6.07, 6.45) is -17.0. The summed E-state index contributed by atoms with van der Waals surface area (Å²) in [6.45, 7) is 3.87. The molecule has 28 heteroatoms. The molecule has 8 aromatic carbocycles. The Hall–Kier alpha value is -7.72. The summed E-state index contributed by atoms with van der Waals surface area (Å²) in [5.74, 6) is -21.2. The minimum atomic E-state index is -5.37. The van der Waals surface area contributed by atoms with Crippen LogP contribution in [0.5, 0.6) is 11.5 Å². The van der Waals surface area contributed by atoms with Gasteiger partial charge in [-0.25, -0.2) is 52.7 Å². The Morgan fingerprint density at radius 2 is 0.655 bits per heavy atom. The van der Waals surface area contributed by atoms with Crippen molar-refractivity contribution in [1.29, 1.82) is 0 Å². The van der Waals surface area contributed by atoms with Crippen molar-refractivity contribution in [1.82, 2.24) is 0 Å². The van der Waals surface area contributed by atoms with E-state index < -0.39 is 158 Å². The Morgan fingerprint density at radius 3 is 0.943 bits per heavy atom. The molecule has 4 nitrogen and oxygen atoms in total. The summed E-state index contributed by atoms with van der Waals surface area (Å²) >= 11 is 2.71. The zero-order valence-electron chi connectivity index (χ0n) is 43.4. The summed E-state index contributed by atoms with van der Waals surface area (Å²) in [7, 11) is -1.73. The summed E-state index contributed by atoms with van der Waals surface area (Å²) in [5.41, 5.74) is -9.85. The van der Waals surface area contributed by atoms with E-state index in [2.05, 4.69) is 25.4 Å². The standard InChI is InChI=1S/C29H17F11O.C20H7BrF10O.C9H12BFO2.CH4/c1-2-3-14-4-6-18(20(30)8-14)16-11-24(34)27(25(35)12-16)29(39,40)41-17-5-7-19(21(31)13-17)15-9-22(32)26(23(33)10-15)28(36,37)38;21-9-5-15(25)18(16(26)6-9)20(30,31)32-10-1-2-11(12(22)7-10)8-3-13(23)17(14(24)4-8)19(27,28)29;1-2-3-7-4-5-8(10(12)13)9(11)6-7;/h4-13H,2-3H2,1H3;1-7H;4-6,12-13H,2-3H2,1H3;1H4. The Morgan fingerprint density at radius 1 is 0.368 bits per heavy atom. The van der Waals surface area contributed by atoms with Crippen molar-refractivity contribution >= 4 is 28.5 Å². The third-order valence-electron chi connectivity index (χ3n) is 12.0. The highest BCUT2D eigenvalue weighted by molar-refractivity contribution is 9.10. The number of rotatable bonds is 14. The van der Waals surface area contributed by atoms with Crippen molar-refractivity contribution < 1.29 is 116 Å². The summed E-state index contributed by atoms with van der Waals surface area (Å²) in [5, 5.41) is 17.5. The molecule has 0 aliphatic carbocycles. The fourth-order valence-electron chi connectivity index (χ4n) is 8.27. The van der Waals surface area contributed by atoms with Gasteiger partial charge in [-0.05, 0) is 126 Å². The van der Waals surface area contributed by atoms with Crippen molar-refractivity contribution in [2.24, 2.45) is 0 Å². The molecule has 0 atom stereocenters. The van der Waals surface area contributed by atoms with Gasteiger partial charge < -0.3 is 19.5 Å². The average molecular weight is 1320 g/mol. The predicted molar refractivity (Wildman–Crippen MR) is 279 cm³/mol. The van der Waals surface area contributed by atoms with Crippen molar-refractivity contribution in [3.8, 4) is 44.9 Å². The largest absolute Gasteiger partial charge is 0.491 e. The van der Waals surface area contributed by atoms with Crippen LogP contribution in [0.3, 0.4) is 0 Å². The average Bonchev–Trinajstić information content (AvgIpc) is 1.16. The molecule has 0 unspecified atom stereocenters. The SMILES string of the molecule is C.CCCc1ccc(-c2cc(F)c(C(F)(F)Oc3ccc(-c4cc(F)c(C(F)(F)F)c(F)c4)c(F)c3)c(F)c2)c(F)c1.CCCc1ccc(B(O)O)c(F)c1.Fc1cc(OC(F)(F)c2c(F)cc(Br)cc2F)ccc1-c1cc(F)c(C(F)(F)F)c(F)c1. The summed E-state index contributed by atoms with van der Waals surface area (Å²) in [6, 6.07) is 14.6. The van der Waals surface area contributed by atoms with Crippen LogP contribution in [0.4, 0.5) is 96.6 Å².